The van der Waals surface area contributed by atoms with Gasteiger partial charge in [-0.2, -0.15) is 0 Å². The third-order valence-corrected chi connectivity index (χ3v) is 5.26. The quantitative estimate of drug-likeness (QED) is 0.711. The van der Waals surface area contributed by atoms with Crippen molar-refractivity contribution in [3.63, 3.8) is 0 Å². The van der Waals surface area contributed by atoms with Crippen LogP contribution in [0.4, 0.5) is 0 Å². The lowest BCUT2D eigenvalue weighted by molar-refractivity contribution is -0.0194. The molecule has 2 aliphatic carbocycles. The van der Waals surface area contributed by atoms with Gasteiger partial charge < -0.3 is 10.1 Å². The van der Waals surface area contributed by atoms with Crippen LogP contribution in [0, 0.1) is 23.7 Å². The maximum absolute atomic E-state index is 6.19. The smallest absolute Gasteiger partial charge is 0.0642 e. The monoisotopic (exact) mass is 249 g/mol. The van der Waals surface area contributed by atoms with Crippen molar-refractivity contribution in [2.45, 2.75) is 52.1 Å². The van der Waals surface area contributed by atoms with Gasteiger partial charge in [0.15, 0.2) is 0 Å². The highest BCUT2D eigenvalue weighted by atomic mass is 16.5. The number of allylic oxidation sites excluding steroid dienone is 2. The van der Waals surface area contributed by atoms with Crippen LogP contribution in [0.3, 0.4) is 0 Å². The van der Waals surface area contributed by atoms with E-state index in [0.29, 0.717) is 6.10 Å². The molecule has 102 valence electrons. The fourth-order valence-electron chi connectivity index (χ4n) is 4.03. The fraction of sp³-hybridized carbons (Fsp3) is 0.875. The van der Waals surface area contributed by atoms with E-state index in [0.717, 1.165) is 36.8 Å². The van der Waals surface area contributed by atoms with E-state index in [1.165, 1.54) is 37.8 Å². The third-order valence-electron chi connectivity index (χ3n) is 5.26. The lowest BCUT2D eigenvalue weighted by Crippen LogP contribution is -2.36. The molecule has 5 unspecified atom stereocenters. The average molecular weight is 249 g/mol. The third kappa shape index (κ3) is 2.59. The van der Waals surface area contributed by atoms with Gasteiger partial charge in [-0.05, 0) is 56.3 Å². The molecule has 2 saturated carbocycles. The zero-order chi connectivity index (χ0) is 12.5. The minimum Gasteiger partial charge on any atom is -0.386 e. The SMILES string of the molecule is C/C=C1\CC2C(CC(C)CCC3CC32)OCCN1. The highest BCUT2D eigenvalue weighted by molar-refractivity contribution is 5.06. The summed E-state index contributed by atoms with van der Waals surface area (Å²) in [7, 11) is 0. The molecule has 0 spiro atoms. The number of nitrogens with one attached hydrogen (secondary N) is 1. The summed E-state index contributed by atoms with van der Waals surface area (Å²) in [4.78, 5) is 0. The van der Waals surface area contributed by atoms with E-state index in [4.69, 9.17) is 4.74 Å². The summed E-state index contributed by atoms with van der Waals surface area (Å²) in [6, 6.07) is 0. The number of hydrogen-bond acceptors (Lipinski definition) is 2. The molecule has 5 atom stereocenters. The summed E-state index contributed by atoms with van der Waals surface area (Å²) in [5, 5.41) is 3.53. The second-order valence-electron chi connectivity index (χ2n) is 6.60. The Kier molecular flexibility index (Phi) is 3.65. The molecule has 0 bridgehead atoms. The first kappa shape index (κ1) is 12.5. The maximum Gasteiger partial charge on any atom is 0.0642 e. The second-order valence-corrected chi connectivity index (χ2v) is 6.60. The van der Waals surface area contributed by atoms with E-state index in [9.17, 15) is 0 Å². The van der Waals surface area contributed by atoms with Crippen LogP contribution in [0.15, 0.2) is 11.8 Å². The van der Waals surface area contributed by atoms with Crippen molar-refractivity contribution in [1.29, 1.82) is 0 Å². The molecular weight excluding hydrogens is 222 g/mol. The molecule has 1 aliphatic heterocycles. The van der Waals surface area contributed by atoms with Gasteiger partial charge in [0.25, 0.3) is 0 Å². The Hall–Kier alpha value is -0.500. The summed E-state index contributed by atoms with van der Waals surface area (Å²) in [6.07, 6.45) is 9.64. The Morgan fingerprint density at radius 2 is 2.11 bits per heavy atom. The van der Waals surface area contributed by atoms with E-state index in [1.807, 2.05) is 0 Å². The Morgan fingerprint density at radius 1 is 1.22 bits per heavy atom. The standard InChI is InChI=1S/C16H27NO/c1-3-13-10-15-14-9-12(14)5-4-11(2)8-16(15)18-7-6-17-13/h3,11-12,14-17H,4-10H2,1-2H3/b13-3+. The van der Waals surface area contributed by atoms with Crippen LogP contribution in [0.25, 0.3) is 0 Å². The molecule has 1 heterocycles. The minimum absolute atomic E-state index is 0.521. The second kappa shape index (κ2) is 5.24. The average Bonchev–Trinajstić information content (AvgIpc) is 3.08. The Balaban J connectivity index is 1.77. The van der Waals surface area contributed by atoms with Crippen molar-refractivity contribution >= 4 is 0 Å². The molecule has 2 nitrogen and oxygen atoms in total. The first-order chi connectivity index (χ1) is 8.78. The van der Waals surface area contributed by atoms with Crippen LogP contribution in [0.1, 0.15) is 46.0 Å². The van der Waals surface area contributed by atoms with Gasteiger partial charge in [0.1, 0.15) is 0 Å². The molecule has 1 saturated heterocycles. The van der Waals surface area contributed by atoms with Crippen molar-refractivity contribution in [2.24, 2.45) is 23.7 Å². The lowest BCUT2D eigenvalue weighted by atomic mass is 9.81. The van der Waals surface area contributed by atoms with Gasteiger partial charge in [0.2, 0.25) is 0 Å². The molecule has 2 heteroatoms. The molecule has 0 aromatic rings. The van der Waals surface area contributed by atoms with E-state index in [2.05, 4.69) is 25.2 Å². The van der Waals surface area contributed by atoms with Gasteiger partial charge >= 0.3 is 0 Å². The van der Waals surface area contributed by atoms with E-state index < -0.39 is 0 Å². The maximum atomic E-state index is 6.19. The fourth-order valence-corrected chi connectivity index (χ4v) is 4.03. The van der Waals surface area contributed by atoms with Crippen LogP contribution in [0.2, 0.25) is 0 Å². The predicted molar refractivity (Wildman–Crippen MR) is 74.2 cm³/mol. The zero-order valence-corrected chi connectivity index (χ0v) is 11.8. The number of fused-ring (bicyclic) bond motifs is 3. The molecule has 18 heavy (non-hydrogen) atoms. The van der Waals surface area contributed by atoms with E-state index in [1.54, 1.807) is 0 Å². The van der Waals surface area contributed by atoms with Crippen LogP contribution in [0.5, 0.6) is 0 Å². The highest BCUT2D eigenvalue weighted by Gasteiger charge is 2.47. The summed E-state index contributed by atoms with van der Waals surface area (Å²) in [5.41, 5.74) is 1.45. The van der Waals surface area contributed by atoms with Gasteiger partial charge in [-0.3, -0.25) is 0 Å². The van der Waals surface area contributed by atoms with Gasteiger partial charge in [0.05, 0.1) is 12.7 Å². The minimum atomic E-state index is 0.521. The van der Waals surface area contributed by atoms with Crippen LogP contribution in [-0.2, 0) is 4.74 Å². The molecule has 1 N–H and O–H groups in total. The molecule has 0 radical (unpaired) electrons. The van der Waals surface area contributed by atoms with Crippen molar-refractivity contribution in [1.82, 2.24) is 5.32 Å². The van der Waals surface area contributed by atoms with Crippen LogP contribution >= 0.6 is 0 Å². The van der Waals surface area contributed by atoms with Gasteiger partial charge in [-0.15, -0.1) is 0 Å². The molecule has 3 rings (SSSR count). The van der Waals surface area contributed by atoms with Crippen molar-refractivity contribution in [3.05, 3.63) is 11.8 Å². The van der Waals surface area contributed by atoms with Crippen LogP contribution < -0.4 is 5.32 Å². The summed E-state index contributed by atoms with van der Waals surface area (Å²) in [5.74, 6) is 3.59. The summed E-state index contributed by atoms with van der Waals surface area (Å²) in [6.45, 7) is 6.43. The Bertz CT molecular complexity index is 325. The number of hydrogen-bond donors (Lipinski definition) is 1. The summed E-state index contributed by atoms with van der Waals surface area (Å²) < 4.78 is 6.19. The molecule has 3 aliphatic rings. The van der Waals surface area contributed by atoms with Crippen molar-refractivity contribution in [2.75, 3.05) is 13.2 Å². The molecule has 0 aromatic heterocycles. The van der Waals surface area contributed by atoms with Gasteiger partial charge in [0, 0.05) is 12.2 Å². The van der Waals surface area contributed by atoms with E-state index >= 15 is 0 Å². The number of rotatable bonds is 0. The number of ether oxygens (including phenoxy) is 1. The summed E-state index contributed by atoms with van der Waals surface area (Å²) >= 11 is 0. The largest absolute Gasteiger partial charge is 0.386 e. The van der Waals surface area contributed by atoms with Crippen LogP contribution in [-0.4, -0.2) is 19.3 Å². The normalized spacial score (nSPS) is 46.8. The molecular formula is C16H27NO. The predicted octanol–water partition coefficient (Wildman–Crippen LogP) is 3.34. The lowest BCUT2D eigenvalue weighted by Gasteiger charge is -2.34. The van der Waals surface area contributed by atoms with Crippen molar-refractivity contribution < 1.29 is 4.74 Å². The van der Waals surface area contributed by atoms with E-state index in [-0.39, 0.29) is 0 Å². The molecule has 0 aromatic carbocycles. The Labute approximate surface area is 111 Å². The first-order valence-corrected chi connectivity index (χ1v) is 7.78. The first-order valence-electron chi connectivity index (χ1n) is 7.78. The van der Waals surface area contributed by atoms with Gasteiger partial charge in [-0.25, -0.2) is 0 Å². The molecule has 0 amide bonds. The Morgan fingerprint density at radius 3 is 2.94 bits per heavy atom. The highest BCUT2D eigenvalue weighted by Crippen LogP contribution is 2.53. The zero-order valence-electron chi connectivity index (χ0n) is 11.8. The van der Waals surface area contributed by atoms with Crippen molar-refractivity contribution in [3.8, 4) is 0 Å². The topological polar surface area (TPSA) is 21.3 Å². The molecule has 3 fully saturated rings. The van der Waals surface area contributed by atoms with Gasteiger partial charge in [-0.1, -0.05) is 19.4 Å².